The van der Waals surface area contributed by atoms with Crippen molar-refractivity contribution in [2.45, 2.75) is 78.1 Å². The van der Waals surface area contributed by atoms with Gasteiger partial charge in [0.05, 0.1) is 0 Å². The Bertz CT molecular complexity index is 533. The molecule has 1 aliphatic rings. The monoisotopic (exact) mass is 396 g/mol. The van der Waals surface area contributed by atoms with Gasteiger partial charge < -0.3 is 0 Å². The molecular weight excluding hydrogens is 363 g/mol. The van der Waals surface area contributed by atoms with Gasteiger partial charge in [-0.2, -0.15) is 0 Å². The van der Waals surface area contributed by atoms with E-state index in [1.807, 2.05) is 6.92 Å². The van der Waals surface area contributed by atoms with E-state index in [2.05, 4.69) is 39.0 Å². The molecule has 0 spiro atoms. The third-order valence-corrected chi connectivity index (χ3v) is 6.83. The zero-order valence-corrected chi connectivity index (χ0v) is 17.4. The van der Waals surface area contributed by atoms with Gasteiger partial charge in [0.2, 0.25) is 0 Å². The van der Waals surface area contributed by atoms with Crippen molar-refractivity contribution < 1.29 is 9.53 Å². The molecular formula is C21H32O2Se. The van der Waals surface area contributed by atoms with Crippen LogP contribution in [-0.2, 0) is 4.74 Å². The Labute approximate surface area is 153 Å². The van der Waals surface area contributed by atoms with E-state index in [-0.39, 0.29) is 19.8 Å². The number of carbonyl (C=O) groups is 1. The molecule has 1 aromatic carbocycles. The van der Waals surface area contributed by atoms with Gasteiger partial charge in [0.15, 0.2) is 0 Å². The van der Waals surface area contributed by atoms with Gasteiger partial charge in [-0.3, -0.25) is 0 Å². The van der Waals surface area contributed by atoms with E-state index >= 15 is 0 Å². The Kier molecular flexibility index (Phi) is 7.84. The summed E-state index contributed by atoms with van der Waals surface area (Å²) in [6.07, 6.45) is 7.85. The first-order valence-corrected chi connectivity index (χ1v) is 11.3. The molecule has 2 nitrogen and oxygen atoms in total. The van der Waals surface area contributed by atoms with Crippen LogP contribution in [0.15, 0.2) is 18.2 Å². The number of ether oxygens (including phenoxy) is 1. The van der Waals surface area contributed by atoms with Gasteiger partial charge in [-0.25, -0.2) is 0 Å². The molecule has 1 aromatic rings. The molecule has 0 amide bonds. The Balaban J connectivity index is 2.33. The predicted octanol–water partition coefficient (Wildman–Crippen LogP) is 5.37. The third kappa shape index (κ3) is 5.10. The number of benzene rings is 1. The summed E-state index contributed by atoms with van der Waals surface area (Å²) in [4.78, 5) is 11.8. The molecule has 0 aromatic heterocycles. The van der Waals surface area contributed by atoms with E-state index in [0.717, 1.165) is 0 Å². The fourth-order valence-electron chi connectivity index (χ4n) is 4.02. The average Bonchev–Trinajstić information content (AvgIpc) is 2.57. The molecule has 0 radical (unpaired) electrons. The molecule has 1 aliphatic carbocycles. The molecule has 1 saturated carbocycles. The van der Waals surface area contributed by atoms with Crippen molar-refractivity contribution in [3.8, 4) is 0 Å². The summed E-state index contributed by atoms with van der Waals surface area (Å²) < 4.78 is 6.33. The van der Waals surface area contributed by atoms with Gasteiger partial charge in [0, 0.05) is 0 Å². The maximum atomic E-state index is 11.9. The summed E-state index contributed by atoms with van der Waals surface area (Å²) in [6.45, 7) is 9.30. The fourth-order valence-corrected chi connectivity index (χ4v) is 5.47. The molecule has 1 fully saturated rings. The van der Waals surface area contributed by atoms with Crippen LogP contribution in [0.5, 0.6) is 0 Å². The molecule has 24 heavy (non-hydrogen) atoms. The Morgan fingerprint density at radius 1 is 1.21 bits per heavy atom. The van der Waals surface area contributed by atoms with Gasteiger partial charge in [-0.05, 0) is 0 Å². The summed E-state index contributed by atoms with van der Waals surface area (Å²) >= 11 is -0.225. The molecule has 0 saturated heterocycles. The van der Waals surface area contributed by atoms with Crippen LogP contribution in [0, 0.1) is 5.92 Å². The van der Waals surface area contributed by atoms with E-state index in [0.29, 0.717) is 24.4 Å². The van der Waals surface area contributed by atoms with Gasteiger partial charge in [-0.1, -0.05) is 0 Å². The number of hydrogen-bond acceptors (Lipinski definition) is 2. The van der Waals surface area contributed by atoms with Crippen LogP contribution in [0.4, 0.5) is 4.79 Å². The summed E-state index contributed by atoms with van der Waals surface area (Å²) in [5.74, 6) is 1.95. The summed E-state index contributed by atoms with van der Waals surface area (Å²) in [6, 6.07) is 6.82. The molecule has 0 N–H and O–H groups in total. The maximum absolute atomic E-state index is 11.9. The number of carbonyl (C=O) groups excluding carboxylic acids is 1. The summed E-state index contributed by atoms with van der Waals surface area (Å²) in [7, 11) is 0. The second-order valence-electron chi connectivity index (χ2n) is 7.17. The first kappa shape index (κ1) is 19.5. The Morgan fingerprint density at radius 2 is 1.92 bits per heavy atom. The van der Waals surface area contributed by atoms with Crippen molar-refractivity contribution in [3.63, 3.8) is 0 Å². The van der Waals surface area contributed by atoms with Crippen molar-refractivity contribution in [2.75, 3.05) is 6.61 Å². The SMILES string of the molecule is CCOC(=O)[Se]c1ccc(C(CC)C(C)C)c(C2CCCCC2)c1. The van der Waals surface area contributed by atoms with Gasteiger partial charge in [0.1, 0.15) is 0 Å². The zero-order chi connectivity index (χ0) is 17.5. The molecule has 0 aliphatic heterocycles. The second-order valence-corrected chi connectivity index (χ2v) is 9.29. The van der Waals surface area contributed by atoms with Crippen molar-refractivity contribution in [1.29, 1.82) is 0 Å². The quantitative estimate of drug-likeness (QED) is 0.580. The predicted molar refractivity (Wildman–Crippen MR) is 103 cm³/mol. The summed E-state index contributed by atoms with van der Waals surface area (Å²) in [5, 5.41) is 0. The Morgan fingerprint density at radius 3 is 2.50 bits per heavy atom. The van der Waals surface area contributed by atoms with E-state index in [1.54, 1.807) is 0 Å². The zero-order valence-electron chi connectivity index (χ0n) is 15.6. The van der Waals surface area contributed by atoms with Gasteiger partial charge in [0.25, 0.3) is 0 Å². The van der Waals surface area contributed by atoms with Crippen LogP contribution < -0.4 is 4.46 Å². The summed E-state index contributed by atoms with van der Waals surface area (Å²) in [5.41, 5.74) is 3.06. The minimum absolute atomic E-state index is 0.0526. The van der Waals surface area contributed by atoms with Crippen LogP contribution in [-0.4, -0.2) is 26.4 Å². The number of hydrogen-bond donors (Lipinski definition) is 0. The average molecular weight is 395 g/mol. The van der Waals surface area contributed by atoms with Crippen molar-refractivity contribution in [2.24, 2.45) is 5.92 Å². The molecule has 1 atom stereocenters. The first-order chi connectivity index (χ1) is 11.6. The van der Waals surface area contributed by atoms with Crippen molar-refractivity contribution in [3.05, 3.63) is 29.3 Å². The topological polar surface area (TPSA) is 26.3 Å². The van der Waals surface area contributed by atoms with E-state index in [9.17, 15) is 4.79 Å². The van der Waals surface area contributed by atoms with E-state index in [1.165, 1.54) is 54.1 Å². The molecule has 134 valence electrons. The third-order valence-electron chi connectivity index (χ3n) is 5.21. The minimum atomic E-state index is -0.225. The molecule has 1 unspecified atom stereocenters. The van der Waals surface area contributed by atoms with E-state index in [4.69, 9.17) is 4.74 Å². The normalized spacial score (nSPS) is 17.0. The van der Waals surface area contributed by atoms with Crippen LogP contribution in [0.1, 0.15) is 89.2 Å². The fraction of sp³-hybridized carbons (Fsp3) is 0.667. The van der Waals surface area contributed by atoms with Crippen molar-refractivity contribution in [1.82, 2.24) is 0 Å². The molecule has 3 heteroatoms. The van der Waals surface area contributed by atoms with Crippen LogP contribution in [0.25, 0.3) is 0 Å². The standard InChI is InChI=1S/C21H32O2Se/c1-5-18(15(3)4)19-13-12-17(24-21(22)23-6-2)14-20(19)16-10-8-7-9-11-16/h12-16,18H,5-11H2,1-4H3. The van der Waals surface area contributed by atoms with Gasteiger partial charge >= 0.3 is 154 Å². The number of rotatable bonds is 7. The first-order valence-electron chi connectivity index (χ1n) is 9.55. The second kappa shape index (κ2) is 9.63. The van der Waals surface area contributed by atoms with Gasteiger partial charge in [-0.15, -0.1) is 0 Å². The van der Waals surface area contributed by atoms with Crippen molar-refractivity contribution >= 4 is 24.3 Å². The molecule has 0 bridgehead atoms. The van der Waals surface area contributed by atoms with Crippen LogP contribution in [0.3, 0.4) is 0 Å². The van der Waals surface area contributed by atoms with Crippen LogP contribution >= 0.6 is 0 Å². The van der Waals surface area contributed by atoms with E-state index < -0.39 is 0 Å². The molecule has 2 rings (SSSR count). The Hall–Kier alpha value is -0.791. The van der Waals surface area contributed by atoms with Crippen LogP contribution in [0.2, 0.25) is 0 Å². The molecule has 0 heterocycles.